The number of halogens is 3. The lowest BCUT2D eigenvalue weighted by Crippen LogP contribution is -2.13. The Morgan fingerprint density at radius 2 is 1.64 bits per heavy atom. The Balaban J connectivity index is 0.000000555. The average molecular weight is 480 g/mol. The molecule has 0 saturated heterocycles. The van der Waals surface area contributed by atoms with E-state index in [0.29, 0.717) is 11.5 Å². The summed E-state index contributed by atoms with van der Waals surface area (Å²) in [6, 6.07) is 2.31. The van der Waals surface area contributed by atoms with Gasteiger partial charge in [-0.1, -0.05) is 50.6 Å². The summed E-state index contributed by atoms with van der Waals surface area (Å²) in [6.45, 7) is 3.26. The number of hydrogen-bond acceptors (Lipinski definition) is 5. The summed E-state index contributed by atoms with van der Waals surface area (Å²) in [5.41, 5.74) is 0.730. The third-order valence-electron chi connectivity index (χ3n) is 6.04. The SMILES string of the molecule is CCN(C)C.COc1cc(F)c(-c2c(Cl)nc3ncnn3c2C2CCCCCCC2)c(F)c1. The Kier molecular flexibility index (Phi) is 8.97. The van der Waals surface area contributed by atoms with Crippen LogP contribution in [0.1, 0.15) is 63.5 Å². The topological polar surface area (TPSA) is 55.5 Å². The van der Waals surface area contributed by atoms with E-state index in [9.17, 15) is 8.78 Å². The Hall–Kier alpha value is -2.32. The molecule has 0 aliphatic heterocycles. The number of aromatic nitrogens is 4. The molecule has 4 rings (SSSR count). The van der Waals surface area contributed by atoms with Crippen LogP contribution in [0.5, 0.6) is 5.75 Å². The van der Waals surface area contributed by atoms with Crippen molar-refractivity contribution >= 4 is 17.4 Å². The number of rotatable bonds is 4. The van der Waals surface area contributed by atoms with E-state index in [2.05, 4.69) is 41.0 Å². The molecule has 1 saturated carbocycles. The summed E-state index contributed by atoms with van der Waals surface area (Å²) in [5, 5.41) is 4.31. The molecular formula is C24H32ClF2N5O. The van der Waals surface area contributed by atoms with Crippen LogP contribution in [0.15, 0.2) is 18.5 Å². The molecule has 3 aromatic rings. The van der Waals surface area contributed by atoms with Crippen LogP contribution in [0.25, 0.3) is 16.9 Å². The van der Waals surface area contributed by atoms with Crippen LogP contribution in [0.4, 0.5) is 8.78 Å². The third kappa shape index (κ3) is 5.98. The van der Waals surface area contributed by atoms with Gasteiger partial charge in [0.25, 0.3) is 5.78 Å². The fraction of sp³-hybridized carbons (Fsp3) is 0.542. The molecule has 0 N–H and O–H groups in total. The first-order valence-electron chi connectivity index (χ1n) is 11.4. The van der Waals surface area contributed by atoms with E-state index in [0.717, 1.165) is 57.2 Å². The van der Waals surface area contributed by atoms with Crippen LogP contribution in [-0.4, -0.2) is 52.2 Å². The van der Waals surface area contributed by atoms with Gasteiger partial charge in [-0.2, -0.15) is 15.1 Å². The molecule has 0 unspecified atom stereocenters. The van der Waals surface area contributed by atoms with Crippen molar-refractivity contribution in [1.29, 1.82) is 0 Å². The van der Waals surface area contributed by atoms with Crippen molar-refractivity contribution in [1.82, 2.24) is 24.5 Å². The molecule has 33 heavy (non-hydrogen) atoms. The molecule has 1 aliphatic rings. The van der Waals surface area contributed by atoms with E-state index in [4.69, 9.17) is 16.3 Å². The number of nitrogens with zero attached hydrogens (tertiary/aromatic N) is 5. The third-order valence-corrected chi connectivity index (χ3v) is 6.32. The van der Waals surface area contributed by atoms with Crippen molar-refractivity contribution in [3.05, 3.63) is 40.9 Å². The lowest BCUT2D eigenvalue weighted by molar-refractivity contribution is 0.407. The van der Waals surface area contributed by atoms with Crippen molar-refractivity contribution in [2.24, 2.45) is 0 Å². The highest BCUT2D eigenvalue weighted by Gasteiger charge is 2.28. The zero-order chi connectivity index (χ0) is 24.0. The van der Waals surface area contributed by atoms with E-state index in [1.54, 1.807) is 4.52 Å². The lowest BCUT2D eigenvalue weighted by atomic mass is 9.85. The van der Waals surface area contributed by atoms with E-state index in [1.165, 1.54) is 19.9 Å². The second-order valence-corrected chi connectivity index (χ2v) is 8.90. The summed E-state index contributed by atoms with van der Waals surface area (Å²) >= 11 is 6.45. The second kappa shape index (κ2) is 11.7. The molecule has 0 bridgehead atoms. The van der Waals surface area contributed by atoms with Gasteiger partial charge < -0.3 is 9.64 Å². The first kappa shape index (κ1) is 25.3. The number of hydrogen-bond donors (Lipinski definition) is 0. The van der Waals surface area contributed by atoms with Crippen LogP contribution in [0, 0.1) is 11.6 Å². The summed E-state index contributed by atoms with van der Waals surface area (Å²) in [7, 11) is 5.48. The van der Waals surface area contributed by atoms with Crippen molar-refractivity contribution in [2.75, 3.05) is 27.7 Å². The van der Waals surface area contributed by atoms with Gasteiger partial charge in [-0.25, -0.2) is 13.3 Å². The summed E-state index contributed by atoms with van der Waals surface area (Å²) in [5.74, 6) is -0.975. The maximum atomic E-state index is 14.9. The van der Waals surface area contributed by atoms with Crippen molar-refractivity contribution in [3.8, 4) is 16.9 Å². The van der Waals surface area contributed by atoms with Gasteiger partial charge in [0.15, 0.2) is 0 Å². The highest BCUT2D eigenvalue weighted by molar-refractivity contribution is 6.32. The molecule has 0 atom stereocenters. The van der Waals surface area contributed by atoms with Gasteiger partial charge in [-0.3, -0.25) is 0 Å². The molecular weight excluding hydrogens is 448 g/mol. The highest BCUT2D eigenvalue weighted by atomic mass is 35.5. The molecule has 0 radical (unpaired) electrons. The van der Waals surface area contributed by atoms with Crippen molar-refractivity contribution < 1.29 is 13.5 Å². The zero-order valence-corrected chi connectivity index (χ0v) is 20.5. The van der Waals surface area contributed by atoms with E-state index >= 15 is 0 Å². The van der Waals surface area contributed by atoms with E-state index < -0.39 is 11.6 Å². The van der Waals surface area contributed by atoms with Crippen molar-refractivity contribution in [3.63, 3.8) is 0 Å². The maximum Gasteiger partial charge on any atom is 0.253 e. The molecule has 1 fully saturated rings. The minimum atomic E-state index is -0.743. The summed E-state index contributed by atoms with van der Waals surface area (Å²) < 4.78 is 36.4. The lowest BCUT2D eigenvalue weighted by Gasteiger charge is -2.24. The largest absolute Gasteiger partial charge is 0.497 e. The normalized spacial score (nSPS) is 15.2. The fourth-order valence-corrected chi connectivity index (χ4v) is 4.35. The molecule has 2 aromatic heterocycles. The Labute approximate surface area is 198 Å². The first-order chi connectivity index (χ1) is 15.9. The molecule has 9 heteroatoms. The quantitative estimate of drug-likeness (QED) is 0.421. The van der Waals surface area contributed by atoms with Gasteiger partial charge in [0.1, 0.15) is 28.9 Å². The number of benzene rings is 1. The molecule has 2 heterocycles. The predicted molar refractivity (Wildman–Crippen MR) is 127 cm³/mol. The van der Waals surface area contributed by atoms with Gasteiger partial charge in [0.05, 0.1) is 18.4 Å². The minimum absolute atomic E-state index is 0.0283. The van der Waals surface area contributed by atoms with Gasteiger partial charge in [0, 0.05) is 23.6 Å². The van der Waals surface area contributed by atoms with Crippen LogP contribution in [0.2, 0.25) is 5.15 Å². The van der Waals surface area contributed by atoms with Gasteiger partial charge in [-0.05, 0) is 33.5 Å². The van der Waals surface area contributed by atoms with Crippen LogP contribution >= 0.6 is 11.6 Å². The monoisotopic (exact) mass is 479 g/mol. The number of fused-ring (bicyclic) bond motifs is 1. The van der Waals surface area contributed by atoms with Crippen molar-refractivity contribution in [2.45, 2.75) is 57.8 Å². The Morgan fingerprint density at radius 3 is 2.18 bits per heavy atom. The Bertz CT molecular complexity index is 1040. The van der Waals surface area contributed by atoms with Gasteiger partial charge in [0.2, 0.25) is 0 Å². The Morgan fingerprint density at radius 1 is 1.06 bits per heavy atom. The van der Waals surface area contributed by atoms with Gasteiger partial charge >= 0.3 is 0 Å². The standard InChI is InChI=1S/C20H21ClF2N4O.C4H11N/c1-28-13-9-14(22)16(15(23)10-13)17-18(12-7-5-3-2-4-6-8-12)27-20(24-11-25-27)26-19(17)21;1-4-5(2)3/h9-12H,2-8H2,1H3;4H2,1-3H3. The zero-order valence-electron chi connectivity index (χ0n) is 19.7. The van der Waals surface area contributed by atoms with Crippen LogP contribution in [0.3, 0.4) is 0 Å². The van der Waals surface area contributed by atoms with Gasteiger partial charge in [-0.15, -0.1) is 0 Å². The van der Waals surface area contributed by atoms with E-state index in [-0.39, 0.29) is 27.9 Å². The van der Waals surface area contributed by atoms with Crippen LogP contribution in [-0.2, 0) is 0 Å². The molecule has 180 valence electrons. The highest BCUT2D eigenvalue weighted by Crippen LogP contribution is 2.42. The minimum Gasteiger partial charge on any atom is -0.497 e. The molecule has 1 aromatic carbocycles. The molecule has 0 spiro atoms. The number of methoxy groups -OCH3 is 1. The van der Waals surface area contributed by atoms with E-state index in [1.807, 2.05) is 0 Å². The first-order valence-corrected chi connectivity index (χ1v) is 11.8. The fourth-order valence-electron chi connectivity index (χ4n) is 4.08. The molecule has 1 aliphatic carbocycles. The smallest absolute Gasteiger partial charge is 0.253 e. The molecule has 6 nitrogen and oxygen atoms in total. The molecule has 0 amide bonds. The second-order valence-electron chi connectivity index (χ2n) is 8.54. The summed E-state index contributed by atoms with van der Waals surface area (Å²) in [4.78, 5) is 10.5. The average Bonchev–Trinajstić information content (AvgIpc) is 3.22. The maximum absolute atomic E-state index is 14.9. The number of ether oxygens (including phenoxy) is 1. The predicted octanol–water partition coefficient (Wildman–Crippen LogP) is 6.13. The summed E-state index contributed by atoms with van der Waals surface area (Å²) in [6.07, 6.45) is 8.81. The van der Waals surface area contributed by atoms with Crippen LogP contribution < -0.4 is 4.74 Å².